The second-order valence-corrected chi connectivity index (χ2v) is 7.27. The summed E-state index contributed by atoms with van der Waals surface area (Å²) < 4.78 is 25.2. The average molecular weight is 558 g/mol. The molecule has 27 heavy (non-hydrogen) atoms. The number of nitrogens with zero attached hydrogens (tertiary/aromatic N) is 2. The van der Waals surface area contributed by atoms with Crippen LogP contribution in [-0.4, -0.2) is 56.9 Å². The van der Waals surface area contributed by atoms with E-state index < -0.39 is 0 Å². The van der Waals surface area contributed by atoms with Gasteiger partial charge in [0.1, 0.15) is 5.82 Å². The molecule has 8 heteroatoms. The van der Waals surface area contributed by atoms with Crippen LogP contribution in [0.25, 0.3) is 0 Å². The Kier molecular flexibility index (Phi) is 12.5. The number of rotatable bonds is 8. The minimum Gasteiger partial charge on any atom is -0.385 e. The molecule has 0 spiro atoms. The van der Waals surface area contributed by atoms with Crippen molar-refractivity contribution in [2.24, 2.45) is 4.99 Å². The van der Waals surface area contributed by atoms with E-state index in [1.54, 1.807) is 7.11 Å². The number of halogens is 3. The summed E-state index contributed by atoms with van der Waals surface area (Å²) in [6, 6.07) is 4.88. The number of aliphatic imine (C=N–C) groups is 1. The maximum absolute atomic E-state index is 13.5. The van der Waals surface area contributed by atoms with Crippen LogP contribution >= 0.6 is 39.9 Å². The first-order chi connectivity index (χ1) is 12.6. The summed E-state index contributed by atoms with van der Waals surface area (Å²) in [6.07, 6.45) is 3.22. The molecule has 1 aromatic carbocycles. The Bertz CT molecular complexity index is 564. The molecule has 154 valence electrons. The topological polar surface area (TPSA) is 46.1 Å². The first-order valence-corrected chi connectivity index (χ1v) is 10.0. The Hall–Kier alpha value is -0.450. The maximum Gasteiger partial charge on any atom is 0.194 e. The predicted molar refractivity (Wildman–Crippen MR) is 121 cm³/mol. The number of likely N-dealkylation sites (tertiary alicyclic amines) is 1. The fraction of sp³-hybridized carbons (Fsp3) is 0.632. The summed E-state index contributed by atoms with van der Waals surface area (Å²) in [5.41, 5.74) is 0.851. The quantitative estimate of drug-likeness (QED) is 0.225. The number of guanidine groups is 1. The number of hydrogen-bond donors (Lipinski definition) is 1. The molecule has 1 fully saturated rings. The van der Waals surface area contributed by atoms with E-state index >= 15 is 0 Å². The number of ether oxygens (including phenoxy) is 2. The zero-order valence-electron chi connectivity index (χ0n) is 16.0. The van der Waals surface area contributed by atoms with Gasteiger partial charge in [0.2, 0.25) is 0 Å². The summed E-state index contributed by atoms with van der Waals surface area (Å²) >= 11 is 3.33. The van der Waals surface area contributed by atoms with E-state index in [4.69, 9.17) is 9.47 Å². The van der Waals surface area contributed by atoms with Crippen molar-refractivity contribution in [1.29, 1.82) is 0 Å². The van der Waals surface area contributed by atoms with E-state index in [1.165, 1.54) is 12.1 Å². The Morgan fingerprint density at radius 2 is 2.04 bits per heavy atom. The first kappa shape index (κ1) is 24.6. The second-order valence-electron chi connectivity index (χ2n) is 6.35. The second kappa shape index (κ2) is 13.7. The number of nitrogens with one attached hydrogen (secondary N) is 1. The molecule has 1 aliphatic heterocycles. The van der Waals surface area contributed by atoms with Gasteiger partial charge in [-0.3, -0.25) is 0 Å². The van der Waals surface area contributed by atoms with Gasteiger partial charge in [-0.15, -0.1) is 24.0 Å². The molecule has 1 aliphatic rings. The number of hydrogen-bond acceptors (Lipinski definition) is 3. The van der Waals surface area contributed by atoms with Crippen LogP contribution in [0.1, 0.15) is 31.7 Å². The molecule has 0 radical (unpaired) electrons. The summed E-state index contributed by atoms with van der Waals surface area (Å²) in [5.74, 6) is 0.631. The van der Waals surface area contributed by atoms with Crippen LogP contribution in [0, 0.1) is 5.82 Å². The van der Waals surface area contributed by atoms with Gasteiger partial charge in [0.25, 0.3) is 0 Å². The van der Waals surface area contributed by atoms with Gasteiger partial charge in [-0.1, -0.05) is 15.9 Å². The minimum absolute atomic E-state index is 0. The van der Waals surface area contributed by atoms with Gasteiger partial charge in [-0.2, -0.15) is 0 Å². The van der Waals surface area contributed by atoms with Crippen molar-refractivity contribution in [3.63, 3.8) is 0 Å². The molecule has 1 aromatic rings. The Morgan fingerprint density at radius 1 is 1.30 bits per heavy atom. The van der Waals surface area contributed by atoms with Gasteiger partial charge in [-0.05, 0) is 49.9 Å². The monoisotopic (exact) mass is 557 g/mol. The highest BCUT2D eigenvalue weighted by Gasteiger charge is 2.21. The molecule has 0 atom stereocenters. The third-order valence-corrected chi connectivity index (χ3v) is 4.71. The molecular weight excluding hydrogens is 528 g/mol. The third kappa shape index (κ3) is 9.06. The van der Waals surface area contributed by atoms with Gasteiger partial charge >= 0.3 is 0 Å². The minimum atomic E-state index is -0.249. The Labute approximate surface area is 187 Å². The van der Waals surface area contributed by atoms with Crippen molar-refractivity contribution < 1.29 is 13.9 Å². The van der Waals surface area contributed by atoms with Gasteiger partial charge in [0.05, 0.1) is 12.6 Å². The van der Waals surface area contributed by atoms with Crippen LogP contribution < -0.4 is 5.32 Å². The van der Waals surface area contributed by atoms with Gasteiger partial charge in [-0.25, -0.2) is 9.38 Å². The third-order valence-electron chi connectivity index (χ3n) is 4.26. The Balaban J connectivity index is 0.00000364. The van der Waals surface area contributed by atoms with Crippen LogP contribution in [0.5, 0.6) is 0 Å². The molecule has 5 nitrogen and oxygen atoms in total. The predicted octanol–water partition coefficient (Wildman–Crippen LogP) is 4.19. The van der Waals surface area contributed by atoms with Crippen LogP contribution in [0.3, 0.4) is 0 Å². The zero-order valence-corrected chi connectivity index (χ0v) is 20.0. The molecule has 0 aromatic heterocycles. The molecule has 0 amide bonds. The summed E-state index contributed by atoms with van der Waals surface area (Å²) in [4.78, 5) is 6.94. The molecule has 0 saturated carbocycles. The molecule has 0 aliphatic carbocycles. The lowest BCUT2D eigenvalue weighted by Crippen LogP contribution is -2.47. The van der Waals surface area contributed by atoms with E-state index in [2.05, 4.69) is 38.1 Å². The van der Waals surface area contributed by atoms with Gasteiger partial charge in [0.15, 0.2) is 5.96 Å². The first-order valence-electron chi connectivity index (χ1n) is 9.21. The average Bonchev–Trinajstić information content (AvgIpc) is 2.62. The van der Waals surface area contributed by atoms with Gasteiger partial charge < -0.3 is 19.7 Å². The number of methoxy groups -OCH3 is 1. The van der Waals surface area contributed by atoms with E-state index in [0.29, 0.717) is 12.6 Å². The highest BCUT2D eigenvalue weighted by Crippen LogP contribution is 2.17. The van der Waals surface area contributed by atoms with Crippen molar-refractivity contribution >= 4 is 45.9 Å². The molecule has 2 rings (SSSR count). The van der Waals surface area contributed by atoms with Crippen LogP contribution in [-0.2, 0) is 16.0 Å². The van der Waals surface area contributed by atoms with Crippen LogP contribution in [0.2, 0.25) is 0 Å². The van der Waals surface area contributed by atoms with Gasteiger partial charge in [0, 0.05) is 44.4 Å². The summed E-state index contributed by atoms with van der Waals surface area (Å²) in [6.45, 7) is 6.62. The zero-order chi connectivity index (χ0) is 18.8. The molecule has 1 heterocycles. The van der Waals surface area contributed by atoms with Crippen molar-refractivity contribution in [3.8, 4) is 0 Å². The molecule has 0 unspecified atom stereocenters. The molecule has 0 bridgehead atoms. The van der Waals surface area contributed by atoms with Crippen LogP contribution in [0.15, 0.2) is 27.7 Å². The van der Waals surface area contributed by atoms with Crippen molar-refractivity contribution in [1.82, 2.24) is 10.2 Å². The highest BCUT2D eigenvalue weighted by molar-refractivity contribution is 14.0. The molecule has 1 saturated heterocycles. The normalized spacial score (nSPS) is 15.6. The van der Waals surface area contributed by atoms with Crippen molar-refractivity contribution in [3.05, 3.63) is 34.1 Å². The smallest absolute Gasteiger partial charge is 0.194 e. The van der Waals surface area contributed by atoms with Crippen molar-refractivity contribution in [2.75, 3.05) is 40.0 Å². The van der Waals surface area contributed by atoms with E-state index in [0.717, 1.165) is 68.1 Å². The lowest BCUT2D eigenvalue weighted by atomic mass is 10.1. The lowest BCUT2D eigenvalue weighted by molar-refractivity contribution is 0.00990. The van der Waals surface area contributed by atoms with Crippen LogP contribution in [0.4, 0.5) is 4.39 Å². The maximum atomic E-state index is 13.5. The number of benzene rings is 1. The Morgan fingerprint density at radius 3 is 2.67 bits per heavy atom. The SMILES string of the molecule is CCNC(=NCc1cc(F)cc(Br)c1)N1CCC(OCCCOC)CC1.I. The van der Waals surface area contributed by atoms with E-state index in [-0.39, 0.29) is 29.8 Å². The van der Waals surface area contributed by atoms with E-state index in [9.17, 15) is 4.39 Å². The highest BCUT2D eigenvalue weighted by atomic mass is 127. The standard InChI is InChI=1S/C19H29BrFN3O2.HI/c1-3-22-19(23-14-15-11-16(20)13-17(21)12-15)24-7-5-18(6-8-24)26-10-4-9-25-2;/h11-13,18H,3-10,14H2,1-2H3,(H,22,23);1H. The van der Waals surface area contributed by atoms with E-state index in [1.807, 2.05) is 6.07 Å². The molecule has 1 N–H and O–H groups in total. The fourth-order valence-electron chi connectivity index (χ4n) is 2.98. The van der Waals surface area contributed by atoms with Crippen molar-refractivity contribution in [2.45, 2.75) is 38.8 Å². The summed E-state index contributed by atoms with van der Waals surface area (Å²) in [5, 5.41) is 3.34. The fourth-order valence-corrected chi connectivity index (χ4v) is 3.49. The number of piperidine rings is 1. The molecular formula is C19H30BrFIN3O2. The largest absolute Gasteiger partial charge is 0.385 e. The lowest BCUT2D eigenvalue weighted by Gasteiger charge is -2.34. The summed E-state index contributed by atoms with van der Waals surface area (Å²) in [7, 11) is 1.71.